The van der Waals surface area contributed by atoms with Crippen LogP contribution in [0.25, 0.3) is 0 Å². The minimum absolute atomic E-state index is 0.224. The van der Waals surface area contributed by atoms with Crippen LogP contribution < -0.4 is 10.1 Å². The second kappa shape index (κ2) is 8.34. The van der Waals surface area contributed by atoms with Crippen LogP contribution in [0, 0.1) is 20.8 Å². The Morgan fingerprint density at radius 2 is 1.81 bits per heavy atom. The molecule has 0 saturated heterocycles. The lowest BCUT2D eigenvalue weighted by molar-refractivity contribution is 0.103. The molecule has 0 fully saturated rings. The van der Waals surface area contributed by atoms with Gasteiger partial charge in [-0.1, -0.05) is 47.0 Å². The number of amides is 1. The maximum Gasteiger partial charge on any atom is 0.265 e. The molecular weight excluding hydrogens is 401 g/mol. The number of ether oxygens (including phenoxy) is 1. The van der Waals surface area contributed by atoms with Crippen LogP contribution in [0.4, 0.5) is 5.69 Å². The van der Waals surface area contributed by atoms with Gasteiger partial charge in [0.25, 0.3) is 5.91 Å². The lowest BCUT2D eigenvalue weighted by Gasteiger charge is -2.12. The van der Waals surface area contributed by atoms with E-state index in [-0.39, 0.29) is 5.91 Å². The van der Waals surface area contributed by atoms with Crippen LogP contribution in [0.2, 0.25) is 10.0 Å². The van der Waals surface area contributed by atoms with Gasteiger partial charge in [-0.05, 0) is 55.5 Å². The van der Waals surface area contributed by atoms with Crippen molar-refractivity contribution >= 4 is 46.1 Å². The normalized spacial score (nSPS) is 10.7. The van der Waals surface area contributed by atoms with Crippen LogP contribution in [0.5, 0.6) is 5.75 Å². The Kier molecular flexibility index (Phi) is 6.10. The van der Waals surface area contributed by atoms with E-state index in [0.717, 1.165) is 22.4 Å². The van der Waals surface area contributed by atoms with Crippen LogP contribution in [0.15, 0.2) is 41.8 Å². The molecule has 0 atom stereocenters. The number of rotatable bonds is 5. The molecule has 1 amide bonds. The minimum Gasteiger partial charge on any atom is -0.488 e. The Labute approximate surface area is 172 Å². The van der Waals surface area contributed by atoms with E-state index in [4.69, 9.17) is 27.9 Å². The van der Waals surface area contributed by atoms with Gasteiger partial charge >= 0.3 is 0 Å². The molecule has 0 spiro atoms. The Morgan fingerprint density at radius 1 is 1.11 bits per heavy atom. The summed E-state index contributed by atoms with van der Waals surface area (Å²) in [6.45, 7) is 6.55. The van der Waals surface area contributed by atoms with Crippen LogP contribution in [-0.2, 0) is 6.61 Å². The van der Waals surface area contributed by atoms with Gasteiger partial charge in [0.2, 0.25) is 0 Å². The van der Waals surface area contributed by atoms with Crippen LogP contribution >= 0.6 is 34.5 Å². The molecule has 2 aromatic carbocycles. The fourth-order valence-electron chi connectivity index (χ4n) is 2.90. The van der Waals surface area contributed by atoms with Gasteiger partial charge in [0, 0.05) is 5.56 Å². The average molecular weight is 420 g/mol. The van der Waals surface area contributed by atoms with E-state index in [1.807, 2.05) is 25.3 Å². The fraction of sp³-hybridized carbons (Fsp3) is 0.190. The number of aryl methyl sites for hydroxylation is 3. The summed E-state index contributed by atoms with van der Waals surface area (Å²) >= 11 is 13.5. The highest BCUT2D eigenvalue weighted by Crippen LogP contribution is 2.30. The zero-order valence-electron chi connectivity index (χ0n) is 15.2. The summed E-state index contributed by atoms with van der Waals surface area (Å²) in [5, 5.41) is 5.45. The summed E-state index contributed by atoms with van der Waals surface area (Å²) < 4.78 is 5.99. The molecule has 0 radical (unpaired) electrons. The fourth-order valence-corrected chi connectivity index (χ4v) is 4.04. The second-order valence-corrected chi connectivity index (χ2v) is 8.09. The van der Waals surface area contributed by atoms with Crippen LogP contribution in [-0.4, -0.2) is 5.91 Å². The van der Waals surface area contributed by atoms with Gasteiger partial charge in [0.05, 0.1) is 20.6 Å². The molecule has 3 rings (SSSR count). The maximum absolute atomic E-state index is 12.5. The number of carbonyl (C=O) groups excluding carboxylic acids is 1. The molecule has 0 saturated carbocycles. The van der Waals surface area contributed by atoms with E-state index in [9.17, 15) is 4.79 Å². The van der Waals surface area contributed by atoms with Crippen molar-refractivity contribution in [1.29, 1.82) is 0 Å². The largest absolute Gasteiger partial charge is 0.488 e. The molecule has 3 nitrogen and oxygen atoms in total. The Balaban J connectivity index is 1.68. The molecule has 1 heterocycles. The highest BCUT2D eigenvalue weighted by atomic mass is 35.5. The number of thiophene rings is 1. The van der Waals surface area contributed by atoms with E-state index in [0.29, 0.717) is 27.2 Å². The maximum atomic E-state index is 12.5. The lowest BCUT2D eigenvalue weighted by atomic mass is 10.1. The number of halogens is 2. The van der Waals surface area contributed by atoms with Crippen molar-refractivity contribution in [3.8, 4) is 5.75 Å². The summed E-state index contributed by atoms with van der Waals surface area (Å²) in [7, 11) is 0. The van der Waals surface area contributed by atoms with Gasteiger partial charge in [-0.3, -0.25) is 4.79 Å². The Bertz CT molecular complexity index is 975. The van der Waals surface area contributed by atoms with E-state index in [2.05, 4.69) is 24.4 Å². The van der Waals surface area contributed by atoms with Crippen LogP contribution in [0.3, 0.4) is 0 Å². The number of carbonyl (C=O) groups is 1. The third-order valence-corrected chi connectivity index (χ3v) is 5.86. The number of anilines is 1. The standard InChI is InChI=1S/C21H19Cl2NO2S/c1-12-7-13(2)20(14(3)8-12)26-10-15-9-18(27-11-15)21(25)24-17-6-4-5-16(22)19(17)23/h4-9,11H,10H2,1-3H3,(H,24,25). The molecule has 140 valence electrons. The van der Waals surface area contributed by atoms with Crippen molar-refractivity contribution in [2.45, 2.75) is 27.4 Å². The van der Waals surface area contributed by atoms with Crippen molar-refractivity contribution in [2.24, 2.45) is 0 Å². The molecule has 0 aliphatic rings. The molecule has 0 bridgehead atoms. The van der Waals surface area contributed by atoms with Crippen LogP contribution in [0.1, 0.15) is 31.9 Å². The molecular formula is C21H19Cl2NO2S. The van der Waals surface area contributed by atoms with Gasteiger partial charge in [-0.25, -0.2) is 0 Å². The average Bonchev–Trinajstić information content (AvgIpc) is 3.07. The molecule has 1 N–H and O–H groups in total. The van der Waals surface area contributed by atoms with E-state index < -0.39 is 0 Å². The number of benzene rings is 2. The number of nitrogens with one attached hydrogen (secondary N) is 1. The smallest absolute Gasteiger partial charge is 0.265 e. The first-order chi connectivity index (χ1) is 12.8. The quantitative estimate of drug-likeness (QED) is 0.492. The molecule has 6 heteroatoms. The van der Waals surface area contributed by atoms with Crippen molar-refractivity contribution in [1.82, 2.24) is 0 Å². The molecule has 0 aliphatic heterocycles. The van der Waals surface area contributed by atoms with E-state index in [1.54, 1.807) is 18.2 Å². The Hall–Kier alpha value is -2.01. The third kappa shape index (κ3) is 4.64. The highest BCUT2D eigenvalue weighted by molar-refractivity contribution is 7.12. The predicted octanol–water partition coefficient (Wildman–Crippen LogP) is 6.81. The minimum atomic E-state index is -0.224. The zero-order valence-corrected chi connectivity index (χ0v) is 17.6. The Morgan fingerprint density at radius 3 is 2.52 bits per heavy atom. The number of hydrogen-bond acceptors (Lipinski definition) is 3. The molecule has 27 heavy (non-hydrogen) atoms. The lowest BCUT2D eigenvalue weighted by Crippen LogP contribution is -2.10. The van der Waals surface area contributed by atoms with Gasteiger partial charge < -0.3 is 10.1 Å². The van der Waals surface area contributed by atoms with E-state index in [1.165, 1.54) is 16.9 Å². The molecule has 1 aromatic heterocycles. The number of hydrogen-bond donors (Lipinski definition) is 1. The van der Waals surface area contributed by atoms with Crippen molar-refractivity contribution in [2.75, 3.05) is 5.32 Å². The van der Waals surface area contributed by atoms with Crippen molar-refractivity contribution in [3.63, 3.8) is 0 Å². The van der Waals surface area contributed by atoms with Crippen molar-refractivity contribution in [3.05, 3.63) is 79.0 Å². The topological polar surface area (TPSA) is 38.3 Å². The summed E-state index contributed by atoms with van der Waals surface area (Å²) in [6.07, 6.45) is 0. The highest BCUT2D eigenvalue weighted by Gasteiger charge is 2.13. The summed E-state index contributed by atoms with van der Waals surface area (Å²) in [5.74, 6) is 0.668. The first-order valence-corrected chi connectivity index (χ1v) is 10.0. The van der Waals surface area contributed by atoms with Gasteiger partial charge in [0.15, 0.2) is 0 Å². The summed E-state index contributed by atoms with van der Waals surface area (Å²) in [6, 6.07) is 11.2. The predicted molar refractivity (Wildman–Crippen MR) is 114 cm³/mol. The monoisotopic (exact) mass is 419 g/mol. The van der Waals surface area contributed by atoms with Gasteiger partial charge in [-0.2, -0.15) is 0 Å². The van der Waals surface area contributed by atoms with Crippen molar-refractivity contribution < 1.29 is 9.53 Å². The van der Waals surface area contributed by atoms with Gasteiger partial charge in [-0.15, -0.1) is 11.3 Å². The SMILES string of the molecule is Cc1cc(C)c(OCc2csc(C(=O)Nc3cccc(Cl)c3Cl)c2)c(C)c1. The molecule has 3 aromatic rings. The first-order valence-electron chi connectivity index (χ1n) is 8.38. The summed E-state index contributed by atoms with van der Waals surface area (Å²) in [4.78, 5) is 13.1. The summed E-state index contributed by atoms with van der Waals surface area (Å²) in [5.41, 5.74) is 4.87. The van der Waals surface area contributed by atoms with E-state index >= 15 is 0 Å². The van der Waals surface area contributed by atoms with Gasteiger partial charge in [0.1, 0.15) is 12.4 Å². The second-order valence-electron chi connectivity index (χ2n) is 6.39. The molecule has 0 unspecified atom stereocenters. The third-order valence-electron chi connectivity index (χ3n) is 4.07. The first kappa shape index (κ1) is 19.7. The molecule has 0 aliphatic carbocycles. The zero-order chi connectivity index (χ0) is 19.6.